The molecule has 0 aliphatic carbocycles. The smallest absolute Gasteiger partial charge is 0.139 e. The Balaban J connectivity index is 1.52. The van der Waals surface area contributed by atoms with Gasteiger partial charge in [0.15, 0.2) is 0 Å². The van der Waals surface area contributed by atoms with Gasteiger partial charge in [0.25, 0.3) is 0 Å². The number of rotatable bonds is 6. The van der Waals surface area contributed by atoms with Gasteiger partial charge in [0.2, 0.25) is 0 Å². The molecule has 1 atom stereocenters. The maximum atomic E-state index is 10.7. The van der Waals surface area contributed by atoms with Gasteiger partial charge in [-0.15, -0.1) is 0 Å². The fraction of sp³-hybridized carbons (Fsp3) is 0.429. The highest BCUT2D eigenvalue weighted by atomic mass is 16.5. The van der Waals surface area contributed by atoms with Crippen LogP contribution in [0.15, 0.2) is 42.6 Å². The third kappa shape index (κ3) is 3.81. The molecule has 4 rings (SSSR count). The molecule has 7 nitrogen and oxygen atoms in total. The molecular formula is C21H27N5O2. The van der Waals surface area contributed by atoms with E-state index in [0.29, 0.717) is 12.3 Å². The van der Waals surface area contributed by atoms with Gasteiger partial charge in [0, 0.05) is 45.0 Å². The van der Waals surface area contributed by atoms with Crippen molar-refractivity contribution in [2.75, 3.05) is 13.2 Å². The fourth-order valence-corrected chi connectivity index (χ4v) is 3.79. The zero-order valence-corrected chi connectivity index (χ0v) is 16.5. The second-order valence-electron chi connectivity index (χ2n) is 7.17. The normalized spacial score (nSPS) is 15.8. The van der Waals surface area contributed by atoms with Crippen LogP contribution in [0.5, 0.6) is 5.75 Å². The Labute approximate surface area is 165 Å². The quantitative estimate of drug-likeness (QED) is 0.711. The molecule has 148 valence electrons. The van der Waals surface area contributed by atoms with E-state index in [1.807, 2.05) is 42.9 Å². The lowest BCUT2D eigenvalue weighted by molar-refractivity contribution is 0.203. The van der Waals surface area contributed by atoms with E-state index in [-0.39, 0.29) is 0 Å². The van der Waals surface area contributed by atoms with Crippen LogP contribution in [0, 0.1) is 0 Å². The number of hydrogen-bond donors (Lipinski definition) is 1. The number of aryl methyl sites for hydroxylation is 2. The van der Waals surface area contributed by atoms with E-state index in [0.717, 1.165) is 49.7 Å². The van der Waals surface area contributed by atoms with Crippen molar-refractivity contribution in [3.63, 3.8) is 0 Å². The molecule has 0 saturated carbocycles. The minimum absolute atomic E-state index is 0.666. The lowest BCUT2D eigenvalue weighted by Gasteiger charge is -2.21. The van der Waals surface area contributed by atoms with E-state index in [2.05, 4.69) is 27.2 Å². The number of aliphatic hydroxyl groups is 1. The molecule has 1 aliphatic heterocycles. The summed E-state index contributed by atoms with van der Waals surface area (Å²) in [6.07, 6.45) is 1.95. The van der Waals surface area contributed by atoms with Gasteiger partial charge in [-0.2, -0.15) is 10.2 Å². The van der Waals surface area contributed by atoms with Gasteiger partial charge in [-0.1, -0.05) is 18.2 Å². The molecule has 0 bridgehead atoms. The number of fused-ring (bicyclic) bond motifs is 1. The van der Waals surface area contributed by atoms with Crippen LogP contribution in [0.25, 0.3) is 0 Å². The second kappa shape index (κ2) is 8.16. The van der Waals surface area contributed by atoms with Crippen molar-refractivity contribution in [1.82, 2.24) is 24.5 Å². The van der Waals surface area contributed by atoms with E-state index in [4.69, 9.17) is 4.74 Å². The maximum absolute atomic E-state index is 10.7. The molecule has 3 aromatic rings. The third-order valence-corrected chi connectivity index (χ3v) is 5.20. The highest BCUT2D eigenvalue weighted by Crippen LogP contribution is 2.25. The number of hydrogen-bond acceptors (Lipinski definition) is 5. The topological polar surface area (TPSA) is 68.3 Å². The summed E-state index contributed by atoms with van der Waals surface area (Å²) in [5, 5.41) is 19.5. The number of para-hydroxylation sites is 1. The van der Waals surface area contributed by atoms with Crippen molar-refractivity contribution in [2.45, 2.75) is 39.1 Å². The Kier molecular flexibility index (Phi) is 5.45. The molecule has 0 radical (unpaired) electrons. The first kappa shape index (κ1) is 18.7. The van der Waals surface area contributed by atoms with Crippen LogP contribution in [0.1, 0.15) is 42.1 Å². The predicted octanol–water partition coefficient (Wildman–Crippen LogP) is 2.50. The van der Waals surface area contributed by atoms with Gasteiger partial charge < -0.3 is 9.84 Å². The second-order valence-corrected chi connectivity index (χ2v) is 7.17. The maximum Gasteiger partial charge on any atom is 0.139 e. The zero-order chi connectivity index (χ0) is 19.5. The van der Waals surface area contributed by atoms with Crippen LogP contribution in [0.4, 0.5) is 0 Å². The standard InChI is InChI=1S/C21H27N5O2/c1-3-28-20-8-5-4-7-16(20)14-25-11-6-12-26-17(15-25)13-18(23-26)21(27)19-9-10-22-24(19)2/h4-5,7-10,13,21,27H,3,6,11-12,14-15H2,1-2H3. The average Bonchev–Trinajstić information content (AvgIpc) is 3.25. The SMILES string of the molecule is CCOc1ccccc1CN1CCCn2nc(C(O)c3ccnn3C)cc2C1. The summed E-state index contributed by atoms with van der Waals surface area (Å²) >= 11 is 0. The molecule has 28 heavy (non-hydrogen) atoms. The average molecular weight is 381 g/mol. The van der Waals surface area contributed by atoms with Crippen molar-refractivity contribution in [3.05, 3.63) is 65.2 Å². The van der Waals surface area contributed by atoms with Gasteiger partial charge in [-0.3, -0.25) is 14.3 Å². The van der Waals surface area contributed by atoms with Crippen molar-refractivity contribution in [3.8, 4) is 5.75 Å². The van der Waals surface area contributed by atoms with Crippen LogP contribution >= 0.6 is 0 Å². The molecule has 1 N–H and O–H groups in total. The Hall–Kier alpha value is -2.64. The Bertz CT molecular complexity index is 933. The minimum atomic E-state index is -0.765. The lowest BCUT2D eigenvalue weighted by atomic mass is 10.1. The Morgan fingerprint density at radius 3 is 2.86 bits per heavy atom. The Morgan fingerprint density at radius 2 is 2.07 bits per heavy atom. The molecule has 0 saturated heterocycles. The summed E-state index contributed by atoms with van der Waals surface area (Å²) in [5.74, 6) is 0.954. The first-order valence-electron chi connectivity index (χ1n) is 9.81. The molecule has 7 heteroatoms. The van der Waals surface area contributed by atoms with Gasteiger partial charge in [0.05, 0.1) is 23.7 Å². The summed E-state index contributed by atoms with van der Waals surface area (Å²) in [6, 6.07) is 12.1. The summed E-state index contributed by atoms with van der Waals surface area (Å²) in [4.78, 5) is 2.42. The van der Waals surface area contributed by atoms with E-state index in [1.165, 1.54) is 5.56 Å². The van der Waals surface area contributed by atoms with Gasteiger partial charge in [-0.05, 0) is 31.5 Å². The van der Waals surface area contributed by atoms with Crippen molar-refractivity contribution in [2.24, 2.45) is 7.05 Å². The zero-order valence-electron chi connectivity index (χ0n) is 16.5. The first-order valence-corrected chi connectivity index (χ1v) is 9.81. The Morgan fingerprint density at radius 1 is 1.21 bits per heavy atom. The lowest BCUT2D eigenvalue weighted by Crippen LogP contribution is -2.23. The molecule has 1 unspecified atom stereocenters. The predicted molar refractivity (Wildman–Crippen MR) is 106 cm³/mol. The van der Waals surface area contributed by atoms with Gasteiger partial charge >= 0.3 is 0 Å². The molecule has 0 spiro atoms. The molecule has 2 aromatic heterocycles. The van der Waals surface area contributed by atoms with Crippen molar-refractivity contribution >= 4 is 0 Å². The van der Waals surface area contributed by atoms with E-state index >= 15 is 0 Å². The number of aliphatic hydroxyl groups excluding tert-OH is 1. The monoisotopic (exact) mass is 381 g/mol. The van der Waals surface area contributed by atoms with Crippen LogP contribution in [0.3, 0.4) is 0 Å². The van der Waals surface area contributed by atoms with Crippen molar-refractivity contribution in [1.29, 1.82) is 0 Å². The largest absolute Gasteiger partial charge is 0.494 e. The molecule has 0 amide bonds. The van der Waals surface area contributed by atoms with Crippen LogP contribution in [-0.2, 0) is 26.7 Å². The van der Waals surface area contributed by atoms with E-state index in [9.17, 15) is 5.11 Å². The summed E-state index contributed by atoms with van der Waals surface area (Å²) in [5.41, 5.74) is 3.75. The summed E-state index contributed by atoms with van der Waals surface area (Å²) in [6.45, 7) is 6.17. The summed E-state index contributed by atoms with van der Waals surface area (Å²) < 4.78 is 9.50. The van der Waals surface area contributed by atoms with Crippen LogP contribution in [0.2, 0.25) is 0 Å². The highest BCUT2D eigenvalue weighted by molar-refractivity contribution is 5.33. The fourth-order valence-electron chi connectivity index (χ4n) is 3.79. The number of ether oxygens (including phenoxy) is 1. The third-order valence-electron chi connectivity index (χ3n) is 5.20. The highest BCUT2D eigenvalue weighted by Gasteiger charge is 2.22. The molecule has 1 aromatic carbocycles. The summed E-state index contributed by atoms with van der Waals surface area (Å²) in [7, 11) is 1.83. The number of benzene rings is 1. The van der Waals surface area contributed by atoms with Crippen molar-refractivity contribution < 1.29 is 9.84 Å². The van der Waals surface area contributed by atoms with Gasteiger partial charge in [0.1, 0.15) is 11.9 Å². The first-order chi connectivity index (χ1) is 13.7. The number of aromatic nitrogens is 4. The minimum Gasteiger partial charge on any atom is -0.494 e. The van der Waals surface area contributed by atoms with Crippen LogP contribution < -0.4 is 4.74 Å². The molecule has 1 aliphatic rings. The molecule has 0 fully saturated rings. The van der Waals surface area contributed by atoms with E-state index < -0.39 is 6.10 Å². The molecule has 3 heterocycles. The number of nitrogens with zero attached hydrogens (tertiary/aromatic N) is 5. The van der Waals surface area contributed by atoms with E-state index in [1.54, 1.807) is 10.9 Å². The van der Waals surface area contributed by atoms with Crippen LogP contribution in [-0.4, -0.2) is 42.7 Å². The molecular weight excluding hydrogens is 354 g/mol. The van der Waals surface area contributed by atoms with Gasteiger partial charge in [-0.25, -0.2) is 0 Å².